The van der Waals surface area contributed by atoms with Gasteiger partial charge in [0.1, 0.15) is 11.3 Å². The third-order valence-corrected chi connectivity index (χ3v) is 6.42. The number of nitrogens with zero attached hydrogens (tertiary/aromatic N) is 5. The maximum absolute atomic E-state index is 13.3. The molecule has 35 heavy (non-hydrogen) atoms. The number of pyridine rings is 1. The van der Waals surface area contributed by atoms with E-state index in [1.165, 1.54) is 23.1 Å². The summed E-state index contributed by atoms with van der Waals surface area (Å²) in [6.07, 6.45) is 1.71. The number of fused-ring (bicyclic) bond motifs is 1. The molecule has 4 rings (SSSR count). The molecule has 1 aliphatic heterocycles. The molecule has 1 aliphatic rings. The zero-order valence-electron chi connectivity index (χ0n) is 19.8. The summed E-state index contributed by atoms with van der Waals surface area (Å²) in [7, 11) is 0. The van der Waals surface area contributed by atoms with E-state index in [4.69, 9.17) is 0 Å². The average molecular weight is 478 g/mol. The maximum Gasteiger partial charge on any atom is 0.295 e. The second kappa shape index (κ2) is 9.67. The molecule has 10 heteroatoms. The Morgan fingerprint density at radius 2 is 1.91 bits per heavy atom. The van der Waals surface area contributed by atoms with Crippen LogP contribution < -0.4 is 0 Å². The van der Waals surface area contributed by atoms with E-state index >= 15 is 0 Å². The van der Waals surface area contributed by atoms with Gasteiger partial charge >= 0.3 is 0 Å². The highest BCUT2D eigenvalue weighted by Crippen LogP contribution is 2.40. The number of nitro groups is 1. The highest BCUT2D eigenvalue weighted by Gasteiger charge is 2.46. The number of rotatable bonds is 8. The number of ketones is 1. The molecule has 1 saturated heterocycles. The van der Waals surface area contributed by atoms with Crippen LogP contribution >= 0.6 is 0 Å². The summed E-state index contributed by atoms with van der Waals surface area (Å²) < 4.78 is 1.65. The Morgan fingerprint density at radius 1 is 1.17 bits per heavy atom. The predicted octanol–water partition coefficient (Wildman–Crippen LogP) is 3.31. The molecule has 1 aromatic carbocycles. The number of aliphatic hydroxyl groups excluding tert-OH is 1. The van der Waals surface area contributed by atoms with E-state index < -0.39 is 22.7 Å². The lowest BCUT2D eigenvalue weighted by Crippen LogP contribution is -2.38. The van der Waals surface area contributed by atoms with Crippen molar-refractivity contribution < 1.29 is 19.6 Å². The van der Waals surface area contributed by atoms with Gasteiger partial charge < -0.3 is 14.9 Å². The van der Waals surface area contributed by atoms with Crippen LogP contribution in [0, 0.1) is 17.0 Å². The first-order valence-corrected chi connectivity index (χ1v) is 11.5. The van der Waals surface area contributed by atoms with Gasteiger partial charge in [-0.3, -0.25) is 24.1 Å². The molecule has 10 nitrogen and oxygen atoms in total. The van der Waals surface area contributed by atoms with E-state index in [0.717, 1.165) is 13.1 Å². The largest absolute Gasteiger partial charge is 0.505 e. The number of hydrogen-bond acceptors (Lipinski definition) is 7. The van der Waals surface area contributed by atoms with E-state index in [0.29, 0.717) is 29.1 Å². The number of aryl methyl sites for hydroxylation is 1. The Hall–Kier alpha value is -4.05. The number of amides is 1. The molecule has 1 fully saturated rings. The van der Waals surface area contributed by atoms with E-state index in [9.17, 15) is 24.8 Å². The van der Waals surface area contributed by atoms with Crippen LogP contribution in [0.2, 0.25) is 0 Å². The van der Waals surface area contributed by atoms with Crippen molar-refractivity contribution in [3.8, 4) is 0 Å². The minimum atomic E-state index is -0.973. The van der Waals surface area contributed by atoms with Gasteiger partial charge in [-0.15, -0.1) is 0 Å². The SMILES string of the molecule is CCN(CC)CCN1C(=O)C(=O)C(=C(O)c2c(C)nc3ccccn23)[C@H]1c1cccc([N+](=O)[O-])c1. The standard InChI is InChI=1S/C25H27N5O5/c1-4-27(5-2)13-14-29-22(17-9-8-10-18(15-17)30(34)35)20(24(32)25(29)33)23(31)21-16(3)26-19-11-6-7-12-28(19)21/h6-12,15,22,31H,4-5,13-14H2,1-3H3/t22-/m1/s1. The number of carbonyl (C=O) groups excluding carboxylic acids is 2. The number of carbonyl (C=O) groups is 2. The van der Waals surface area contributed by atoms with Crippen LogP contribution in [0.4, 0.5) is 5.69 Å². The molecule has 0 aliphatic carbocycles. The summed E-state index contributed by atoms with van der Waals surface area (Å²) >= 11 is 0. The monoisotopic (exact) mass is 477 g/mol. The summed E-state index contributed by atoms with van der Waals surface area (Å²) in [6.45, 7) is 7.99. The summed E-state index contributed by atoms with van der Waals surface area (Å²) in [5.41, 5.74) is 1.48. The number of non-ortho nitro benzene ring substituents is 1. The minimum absolute atomic E-state index is 0.108. The number of imidazole rings is 1. The first-order chi connectivity index (χ1) is 16.8. The molecule has 0 radical (unpaired) electrons. The number of Topliss-reactive ketones (excluding diaryl/α,β-unsaturated/α-hetero) is 1. The number of nitro benzene ring substituents is 1. The Kier molecular flexibility index (Phi) is 6.65. The van der Waals surface area contributed by atoms with Crippen LogP contribution in [-0.2, 0) is 9.59 Å². The van der Waals surface area contributed by atoms with Crippen LogP contribution in [0.25, 0.3) is 11.4 Å². The molecule has 0 bridgehead atoms. The fourth-order valence-electron chi connectivity index (χ4n) is 4.58. The van der Waals surface area contributed by atoms with Crippen LogP contribution in [0.3, 0.4) is 0 Å². The topological polar surface area (TPSA) is 121 Å². The average Bonchev–Trinajstić information content (AvgIpc) is 3.32. The highest BCUT2D eigenvalue weighted by molar-refractivity contribution is 6.46. The van der Waals surface area contributed by atoms with E-state index in [1.54, 1.807) is 41.8 Å². The lowest BCUT2D eigenvalue weighted by molar-refractivity contribution is -0.384. The van der Waals surface area contributed by atoms with Gasteiger partial charge in [0, 0.05) is 31.4 Å². The molecule has 2 aromatic heterocycles. The van der Waals surface area contributed by atoms with Gasteiger partial charge in [-0.1, -0.05) is 32.0 Å². The zero-order chi connectivity index (χ0) is 25.3. The Balaban J connectivity index is 1.91. The second-order valence-corrected chi connectivity index (χ2v) is 8.35. The maximum atomic E-state index is 13.3. The van der Waals surface area contributed by atoms with Gasteiger partial charge in [0.05, 0.1) is 22.2 Å². The first-order valence-electron chi connectivity index (χ1n) is 11.5. The number of benzene rings is 1. The smallest absolute Gasteiger partial charge is 0.295 e. The van der Waals surface area contributed by atoms with Gasteiger partial charge in [0.15, 0.2) is 5.76 Å². The normalized spacial score (nSPS) is 17.6. The van der Waals surface area contributed by atoms with Crippen molar-refractivity contribution >= 4 is 28.8 Å². The van der Waals surface area contributed by atoms with Crippen molar-refractivity contribution in [1.29, 1.82) is 0 Å². The minimum Gasteiger partial charge on any atom is -0.505 e. The molecule has 0 unspecified atom stereocenters. The quantitative estimate of drug-likeness (QED) is 0.174. The molecule has 3 aromatic rings. The molecule has 1 atom stereocenters. The van der Waals surface area contributed by atoms with Crippen LogP contribution in [0.15, 0.2) is 54.2 Å². The van der Waals surface area contributed by atoms with Gasteiger partial charge in [-0.05, 0) is 37.7 Å². The summed E-state index contributed by atoms with van der Waals surface area (Å²) in [5, 5.41) is 22.9. The summed E-state index contributed by atoms with van der Waals surface area (Å²) in [5.74, 6) is -1.94. The van der Waals surface area contributed by atoms with Gasteiger partial charge in [-0.25, -0.2) is 4.98 Å². The number of aliphatic hydroxyl groups is 1. The van der Waals surface area contributed by atoms with Crippen LogP contribution in [0.5, 0.6) is 0 Å². The van der Waals surface area contributed by atoms with Gasteiger partial charge in [0.25, 0.3) is 17.4 Å². The first kappa shape index (κ1) is 24.1. The Morgan fingerprint density at radius 3 is 2.60 bits per heavy atom. The number of likely N-dealkylation sites (N-methyl/N-ethyl adjacent to an activating group) is 1. The Labute approximate surface area is 202 Å². The van der Waals surface area contributed by atoms with Crippen molar-refractivity contribution in [2.75, 3.05) is 26.2 Å². The van der Waals surface area contributed by atoms with Crippen molar-refractivity contribution in [2.24, 2.45) is 0 Å². The number of likely N-dealkylation sites (tertiary alicyclic amines) is 1. The molecular weight excluding hydrogens is 450 g/mol. The molecule has 3 heterocycles. The molecule has 1 amide bonds. The third kappa shape index (κ3) is 4.28. The van der Waals surface area contributed by atoms with Gasteiger partial charge in [-0.2, -0.15) is 0 Å². The molecular formula is C25H27N5O5. The molecule has 1 N–H and O–H groups in total. The fourth-order valence-corrected chi connectivity index (χ4v) is 4.58. The zero-order valence-corrected chi connectivity index (χ0v) is 19.8. The van der Waals surface area contributed by atoms with Crippen LogP contribution in [-0.4, -0.2) is 67.1 Å². The Bertz CT molecular complexity index is 1340. The highest BCUT2D eigenvalue weighted by atomic mass is 16.6. The number of aromatic nitrogens is 2. The third-order valence-electron chi connectivity index (χ3n) is 6.42. The molecule has 182 valence electrons. The molecule has 0 spiro atoms. The lowest BCUT2D eigenvalue weighted by atomic mass is 9.96. The summed E-state index contributed by atoms with van der Waals surface area (Å²) in [4.78, 5) is 45.4. The van der Waals surface area contributed by atoms with Crippen molar-refractivity contribution in [3.63, 3.8) is 0 Å². The predicted molar refractivity (Wildman–Crippen MR) is 130 cm³/mol. The van der Waals surface area contributed by atoms with Crippen molar-refractivity contribution in [1.82, 2.24) is 19.2 Å². The van der Waals surface area contributed by atoms with Crippen molar-refractivity contribution in [3.05, 3.63) is 81.3 Å². The fraction of sp³-hybridized carbons (Fsp3) is 0.320. The van der Waals surface area contributed by atoms with Crippen LogP contribution in [0.1, 0.15) is 36.8 Å². The number of hydrogen-bond donors (Lipinski definition) is 1. The van der Waals surface area contributed by atoms with E-state index in [2.05, 4.69) is 9.88 Å². The molecule has 0 saturated carbocycles. The van der Waals surface area contributed by atoms with Crippen molar-refractivity contribution in [2.45, 2.75) is 26.8 Å². The van der Waals surface area contributed by atoms with E-state index in [1.807, 2.05) is 13.8 Å². The van der Waals surface area contributed by atoms with E-state index in [-0.39, 0.29) is 23.6 Å². The second-order valence-electron chi connectivity index (χ2n) is 8.35. The summed E-state index contributed by atoms with van der Waals surface area (Å²) in [6, 6.07) is 10.2. The van der Waals surface area contributed by atoms with Gasteiger partial charge in [0.2, 0.25) is 0 Å². The lowest BCUT2D eigenvalue weighted by Gasteiger charge is -2.28.